The number of hydrogen-bond donors (Lipinski definition) is 5. The molecule has 1 amide bonds. The lowest BCUT2D eigenvalue weighted by atomic mass is 10.0. The zero-order valence-corrected chi connectivity index (χ0v) is 25.3. The van der Waals surface area contributed by atoms with Crippen LogP contribution in [0.15, 0.2) is 60.7 Å². The van der Waals surface area contributed by atoms with Gasteiger partial charge in [-0.15, -0.1) is 0 Å². The Morgan fingerprint density at radius 3 is 2.48 bits per heavy atom. The van der Waals surface area contributed by atoms with Gasteiger partial charge in [-0.2, -0.15) is 0 Å². The first-order valence-corrected chi connectivity index (χ1v) is 15.0. The minimum atomic E-state index is -1.14. The van der Waals surface area contributed by atoms with Gasteiger partial charge >= 0.3 is 0 Å². The third kappa shape index (κ3) is 9.51. The number of nitrogens with one attached hydrogen (secondary N) is 2. The summed E-state index contributed by atoms with van der Waals surface area (Å²) in [6.07, 6.45) is 3.07. The molecule has 0 unspecified atom stereocenters. The fourth-order valence-corrected chi connectivity index (χ4v) is 5.26. The number of nitrogens with zero attached hydrogens (tertiary/aromatic N) is 1. The molecule has 8 nitrogen and oxygen atoms in total. The van der Waals surface area contributed by atoms with E-state index in [1.54, 1.807) is 31.2 Å². The first-order valence-electron chi connectivity index (χ1n) is 14.2. The second-order valence-electron chi connectivity index (χ2n) is 11.1. The van der Waals surface area contributed by atoms with E-state index in [2.05, 4.69) is 27.7 Å². The lowest BCUT2D eigenvalue weighted by Crippen LogP contribution is -2.49. The zero-order chi connectivity index (χ0) is 30.1. The molecule has 1 aliphatic rings. The maximum Gasteiger partial charge on any atom is 0.255 e. The van der Waals surface area contributed by atoms with Crippen molar-refractivity contribution in [3.63, 3.8) is 0 Å². The number of aryl methyl sites for hydroxylation is 1. The molecule has 226 valence electrons. The number of rotatable bonds is 13. The molecule has 0 bridgehead atoms. The Morgan fingerprint density at radius 2 is 1.76 bits per heavy atom. The van der Waals surface area contributed by atoms with Gasteiger partial charge in [0.25, 0.3) is 5.91 Å². The molecule has 3 aromatic carbocycles. The monoisotopic (exact) mass is 615 g/mol. The molecule has 0 aliphatic carbocycles. The number of halogens is 2. The predicted octanol–water partition coefficient (Wildman–Crippen LogP) is 5.15. The summed E-state index contributed by atoms with van der Waals surface area (Å²) in [5.74, 6) is -0.104. The Labute approximate surface area is 257 Å². The van der Waals surface area contributed by atoms with Crippen molar-refractivity contribution in [3.8, 4) is 17.2 Å². The first kappa shape index (κ1) is 31.9. The summed E-state index contributed by atoms with van der Waals surface area (Å²) >= 11 is 12.2. The smallest absolute Gasteiger partial charge is 0.255 e. The van der Waals surface area contributed by atoms with Gasteiger partial charge in [0, 0.05) is 36.8 Å². The molecule has 10 heteroatoms. The number of aliphatic hydroxyl groups is 1. The standard InChI is InChI=1S/C32H39Cl2N3O5/c1-32(41,20-36-25-12-15-37(16-13-25)19-22-8-10-24(33)11-9-22)21-42-30-18-29(39)27(34)17-23(30)5-4-14-35-31(40)26-6-2-3-7-28(26)38/h2-3,6-11,17-18,25,36,38-39,41H,4-5,12-16,19-21H2,1H3,(H,35,40)/t32-/m0/s1. The van der Waals surface area contributed by atoms with Crippen LogP contribution in [0, 0.1) is 0 Å². The summed E-state index contributed by atoms with van der Waals surface area (Å²) in [6, 6.07) is 17.7. The summed E-state index contributed by atoms with van der Waals surface area (Å²) in [6.45, 7) is 5.31. The summed E-state index contributed by atoms with van der Waals surface area (Å²) in [4.78, 5) is 14.8. The van der Waals surface area contributed by atoms with Crippen LogP contribution >= 0.6 is 23.2 Å². The van der Waals surface area contributed by atoms with Crippen LogP contribution in [0.2, 0.25) is 10.0 Å². The number of ether oxygens (including phenoxy) is 1. The van der Waals surface area contributed by atoms with Crippen LogP contribution in [0.3, 0.4) is 0 Å². The number of para-hydroxylation sites is 1. The highest BCUT2D eigenvalue weighted by atomic mass is 35.5. The quantitative estimate of drug-likeness (QED) is 0.169. The minimum Gasteiger partial charge on any atom is -0.507 e. The largest absolute Gasteiger partial charge is 0.507 e. The summed E-state index contributed by atoms with van der Waals surface area (Å²) in [5.41, 5.74) is 1.08. The van der Waals surface area contributed by atoms with Gasteiger partial charge in [0.15, 0.2) is 0 Å². The van der Waals surface area contributed by atoms with Crippen LogP contribution in [-0.4, -0.2) is 70.6 Å². The van der Waals surface area contributed by atoms with E-state index >= 15 is 0 Å². The molecule has 1 atom stereocenters. The predicted molar refractivity (Wildman–Crippen MR) is 166 cm³/mol. The zero-order valence-electron chi connectivity index (χ0n) is 23.8. The molecular formula is C32H39Cl2N3O5. The van der Waals surface area contributed by atoms with Crippen molar-refractivity contribution in [1.29, 1.82) is 0 Å². The van der Waals surface area contributed by atoms with Crippen LogP contribution < -0.4 is 15.4 Å². The van der Waals surface area contributed by atoms with Gasteiger partial charge in [0.1, 0.15) is 29.5 Å². The average molecular weight is 617 g/mol. The van der Waals surface area contributed by atoms with Gasteiger partial charge in [-0.3, -0.25) is 9.69 Å². The number of carbonyl (C=O) groups excluding carboxylic acids is 1. The average Bonchev–Trinajstić information content (AvgIpc) is 2.97. The van der Waals surface area contributed by atoms with Crippen LogP contribution in [0.4, 0.5) is 0 Å². The lowest BCUT2D eigenvalue weighted by Gasteiger charge is -2.34. The van der Waals surface area contributed by atoms with Crippen molar-refractivity contribution in [2.45, 2.75) is 50.8 Å². The summed E-state index contributed by atoms with van der Waals surface area (Å²) < 4.78 is 5.99. The van der Waals surface area contributed by atoms with Gasteiger partial charge in [0.05, 0.1) is 10.6 Å². The highest BCUT2D eigenvalue weighted by molar-refractivity contribution is 6.32. The second kappa shape index (κ2) is 14.9. The Kier molecular flexibility index (Phi) is 11.4. The van der Waals surface area contributed by atoms with E-state index < -0.39 is 5.60 Å². The van der Waals surface area contributed by atoms with Crippen molar-refractivity contribution >= 4 is 29.1 Å². The molecular weight excluding hydrogens is 577 g/mol. The first-order chi connectivity index (χ1) is 20.1. The van der Waals surface area contributed by atoms with E-state index in [-0.39, 0.29) is 34.6 Å². The highest BCUT2D eigenvalue weighted by Gasteiger charge is 2.26. The van der Waals surface area contributed by atoms with Crippen LogP contribution in [0.25, 0.3) is 0 Å². The molecule has 1 heterocycles. The van der Waals surface area contributed by atoms with Crippen molar-refractivity contribution in [2.75, 3.05) is 32.8 Å². The molecule has 42 heavy (non-hydrogen) atoms. The van der Waals surface area contributed by atoms with E-state index in [1.807, 2.05) is 12.1 Å². The number of phenols is 2. The third-order valence-electron chi connectivity index (χ3n) is 7.40. The van der Waals surface area contributed by atoms with Gasteiger partial charge < -0.3 is 30.7 Å². The van der Waals surface area contributed by atoms with E-state index in [9.17, 15) is 20.1 Å². The molecule has 0 radical (unpaired) electrons. The van der Waals surface area contributed by atoms with Crippen LogP contribution in [0.5, 0.6) is 17.2 Å². The van der Waals surface area contributed by atoms with Crippen molar-refractivity contribution in [1.82, 2.24) is 15.5 Å². The third-order valence-corrected chi connectivity index (χ3v) is 7.96. The molecule has 3 aromatic rings. The SMILES string of the molecule is C[C@](O)(CNC1CCN(Cc2ccc(Cl)cc2)CC1)COc1cc(O)c(Cl)cc1CCCNC(=O)c1ccccc1O. The minimum absolute atomic E-state index is 0.0213. The van der Waals surface area contributed by atoms with Gasteiger partial charge in [0.2, 0.25) is 0 Å². The Morgan fingerprint density at radius 1 is 1.05 bits per heavy atom. The second-order valence-corrected chi connectivity index (χ2v) is 12.0. The Hall–Kier alpha value is -3.01. The van der Waals surface area contributed by atoms with Crippen molar-refractivity contribution in [2.24, 2.45) is 0 Å². The summed E-state index contributed by atoms with van der Waals surface area (Å²) in [5, 5.41) is 38.3. The molecule has 0 saturated carbocycles. The number of benzene rings is 3. The molecule has 5 N–H and O–H groups in total. The van der Waals surface area contributed by atoms with E-state index in [4.69, 9.17) is 27.9 Å². The molecule has 4 rings (SSSR count). The number of aromatic hydroxyl groups is 2. The summed E-state index contributed by atoms with van der Waals surface area (Å²) in [7, 11) is 0. The van der Waals surface area contributed by atoms with Gasteiger partial charge in [-0.05, 0) is 87.2 Å². The number of carbonyl (C=O) groups is 1. The maximum absolute atomic E-state index is 12.3. The molecule has 0 aromatic heterocycles. The normalized spacial score (nSPS) is 15.7. The van der Waals surface area contributed by atoms with Gasteiger partial charge in [-0.25, -0.2) is 0 Å². The van der Waals surface area contributed by atoms with Crippen molar-refractivity contribution < 1.29 is 24.9 Å². The topological polar surface area (TPSA) is 114 Å². The number of phenolic OH excluding ortho intramolecular Hbond substituents is 2. The molecule has 1 saturated heterocycles. The molecule has 0 spiro atoms. The fraction of sp³-hybridized carbons (Fsp3) is 0.406. The molecule has 1 aliphatic heterocycles. The Bertz CT molecular complexity index is 1330. The fourth-order valence-electron chi connectivity index (χ4n) is 4.95. The van der Waals surface area contributed by atoms with Crippen molar-refractivity contribution in [3.05, 3.63) is 87.4 Å². The van der Waals surface area contributed by atoms with Crippen LogP contribution in [0.1, 0.15) is 47.7 Å². The maximum atomic E-state index is 12.3. The number of amides is 1. The Balaban J connectivity index is 1.22. The highest BCUT2D eigenvalue weighted by Crippen LogP contribution is 2.33. The van der Waals surface area contributed by atoms with Crippen LogP contribution in [-0.2, 0) is 13.0 Å². The number of piperidine rings is 1. The number of hydrogen-bond acceptors (Lipinski definition) is 7. The van der Waals surface area contributed by atoms with E-state index in [0.717, 1.165) is 43.1 Å². The molecule has 1 fully saturated rings. The van der Waals surface area contributed by atoms with E-state index in [1.165, 1.54) is 17.7 Å². The lowest BCUT2D eigenvalue weighted by molar-refractivity contribution is 0.00781. The van der Waals surface area contributed by atoms with Gasteiger partial charge in [-0.1, -0.05) is 47.5 Å². The number of likely N-dealkylation sites (tertiary alicyclic amines) is 1. The van der Waals surface area contributed by atoms with E-state index in [0.29, 0.717) is 37.7 Å².